The fraction of sp³-hybridized carbons (Fsp3) is 0.250. The number of nitrogens with two attached hydrogens (primary N) is 1. The summed E-state index contributed by atoms with van der Waals surface area (Å²) in [6.45, 7) is 4.84. The topological polar surface area (TPSA) is 42.1 Å². The number of rotatable bonds is 4. The van der Waals surface area contributed by atoms with Crippen LogP contribution in [0.3, 0.4) is 0 Å². The van der Waals surface area contributed by atoms with E-state index in [-0.39, 0.29) is 0 Å². The monoisotopic (exact) mass is 285 g/mol. The molecule has 3 nitrogen and oxygen atoms in total. The van der Waals surface area contributed by atoms with Crippen molar-refractivity contribution >= 4 is 23.0 Å². The first kappa shape index (κ1) is 14.5. The third-order valence-electron chi connectivity index (χ3n) is 3.16. The van der Waals surface area contributed by atoms with Gasteiger partial charge >= 0.3 is 0 Å². The van der Waals surface area contributed by atoms with E-state index in [0.717, 1.165) is 23.6 Å². The molecule has 0 saturated heterocycles. The SMILES string of the molecule is Cc1ccc(CN(C)c2cc(C(N)=S)cc(C)n2)cc1. The molecular formula is C16H19N3S. The number of aryl methyl sites for hydroxylation is 2. The quantitative estimate of drug-likeness (QED) is 0.877. The van der Waals surface area contributed by atoms with Crippen LogP contribution in [0.4, 0.5) is 5.82 Å². The fourth-order valence-electron chi connectivity index (χ4n) is 2.04. The van der Waals surface area contributed by atoms with Crippen molar-refractivity contribution in [2.75, 3.05) is 11.9 Å². The molecule has 2 N–H and O–H groups in total. The third kappa shape index (κ3) is 3.54. The smallest absolute Gasteiger partial charge is 0.129 e. The number of hydrogen-bond acceptors (Lipinski definition) is 3. The minimum Gasteiger partial charge on any atom is -0.389 e. The van der Waals surface area contributed by atoms with E-state index in [1.807, 2.05) is 26.1 Å². The van der Waals surface area contributed by atoms with Gasteiger partial charge in [-0.2, -0.15) is 0 Å². The molecular weight excluding hydrogens is 266 g/mol. The van der Waals surface area contributed by atoms with Crippen LogP contribution < -0.4 is 10.6 Å². The number of benzene rings is 1. The Labute approximate surface area is 125 Å². The molecule has 1 aromatic carbocycles. The second-order valence-corrected chi connectivity index (χ2v) is 5.50. The van der Waals surface area contributed by atoms with Crippen LogP contribution in [0, 0.1) is 13.8 Å². The molecule has 2 rings (SSSR count). The van der Waals surface area contributed by atoms with E-state index in [9.17, 15) is 0 Å². The molecule has 0 radical (unpaired) electrons. The van der Waals surface area contributed by atoms with Crippen LogP contribution in [0.15, 0.2) is 36.4 Å². The number of thiocarbonyl (C=S) groups is 1. The number of aromatic nitrogens is 1. The Balaban J connectivity index is 2.22. The van der Waals surface area contributed by atoms with Crippen LogP contribution in [-0.4, -0.2) is 17.0 Å². The molecule has 20 heavy (non-hydrogen) atoms. The lowest BCUT2D eigenvalue weighted by molar-refractivity contribution is 0.891. The van der Waals surface area contributed by atoms with E-state index in [0.29, 0.717) is 4.99 Å². The highest BCUT2D eigenvalue weighted by Crippen LogP contribution is 2.16. The second-order valence-electron chi connectivity index (χ2n) is 5.06. The van der Waals surface area contributed by atoms with Crippen LogP contribution in [0.5, 0.6) is 0 Å². The van der Waals surface area contributed by atoms with E-state index in [1.165, 1.54) is 11.1 Å². The number of anilines is 1. The highest BCUT2D eigenvalue weighted by Gasteiger charge is 2.07. The molecule has 0 bridgehead atoms. The molecule has 0 saturated carbocycles. The summed E-state index contributed by atoms with van der Waals surface area (Å²) < 4.78 is 0. The van der Waals surface area contributed by atoms with Crippen molar-refractivity contribution in [3.8, 4) is 0 Å². The first-order valence-electron chi connectivity index (χ1n) is 6.51. The van der Waals surface area contributed by atoms with Crippen LogP contribution in [0.25, 0.3) is 0 Å². The Morgan fingerprint density at radius 1 is 1.20 bits per heavy atom. The zero-order valence-corrected chi connectivity index (χ0v) is 12.9. The summed E-state index contributed by atoms with van der Waals surface area (Å²) >= 11 is 5.04. The van der Waals surface area contributed by atoms with Crippen molar-refractivity contribution in [2.24, 2.45) is 5.73 Å². The maximum Gasteiger partial charge on any atom is 0.129 e. The van der Waals surface area contributed by atoms with Crippen LogP contribution >= 0.6 is 12.2 Å². The molecule has 1 heterocycles. The zero-order chi connectivity index (χ0) is 14.7. The summed E-state index contributed by atoms with van der Waals surface area (Å²) in [6, 6.07) is 12.3. The zero-order valence-electron chi connectivity index (χ0n) is 12.1. The highest BCUT2D eigenvalue weighted by molar-refractivity contribution is 7.80. The van der Waals surface area contributed by atoms with Crippen molar-refractivity contribution < 1.29 is 0 Å². The molecule has 0 fully saturated rings. The average Bonchev–Trinajstić information content (AvgIpc) is 2.40. The van der Waals surface area contributed by atoms with Gasteiger partial charge in [-0.1, -0.05) is 42.0 Å². The van der Waals surface area contributed by atoms with Crippen LogP contribution in [0.2, 0.25) is 0 Å². The molecule has 1 aromatic heterocycles. The minimum atomic E-state index is 0.403. The normalized spacial score (nSPS) is 10.3. The van der Waals surface area contributed by atoms with Gasteiger partial charge in [0.15, 0.2) is 0 Å². The molecule has 4 heteroatoms. The largest absolute Gasteiger partial charge is 0.389 e. The van der Waals surface area contributed by atoms with E-state index >= 15 is 0 Å². The van der Waals surface area contributed by atoms with Crippen molar-refractivity contribution in [1.29, 1.82) is 0 Å². The van der Waals surface area contributed by atoms with Gasteiger partial charge < -0.3 is 10.6 Å². The predicted molar refractivity (Wildman–Crippen MR) is 88.1 cm³/mol. The maximum atomic E-state index is 5.71. The van der Waals surface area contributed by atoms with Gasteiger partial charge in [0, 0.05) is 24.8 Å². The molecule has 0 aliphatic rings. The van der Waals surface area contributed by atoms with Gasteiger partial charge in [0.25, 0.3) is 0 Å². The van der Waals surface area contributed by atoms with Crippen molar-refractivity contribution in [1.82, 2.24) is 4.98 Å². The van der Waals surface area contributed by atoms with Gasteiger partial charge in [-0.15, -0.1) is 0 Å². The highest BCUT2D eigenvalue weighted by atomic mass is 32.1. The van der Waals surface area contributed by atoms with Gasteiger partial charge in [-0.3, -0.25) is 0 Å². The van der Waals surface area contributed by atoms with Crippen molar-refractivity contribution in [3.05, 3.63) is 58.8 Å². The molecule has 0 amide bonds. The third-order valence-corrected chi connectivity index (χ3v) is 3.39. The summed E-state index contributed by atoms with van der Waals surface area (Å²) in [5.41, 5.74) is 10.00. The first-order chi connectivity index (χ1) is 9.45. The number of hydrogen-bond donors (Lipinski definition) is 1. The van der Waals surface area contributed by atoms with Crippen LogP contribution in [-0.2, 0) is 6.54 Å². The lowest BCUT2D eigenvalue weighted by atomic mass is 10.1. The summed E-state index contributed by atoms with van der Waals surface area (Å²) in [6.07, 6.45) is 0. The maximum absolute atomic E-state index is 5.71. The molecule has 0 spiro atoms. The Kier molecular flexibility index (Phi) is 4.35. The minimum absolute atomic E-state index is 0.403. The Morgan fingerprint density at radius 3 is 2.45 bits per heavy atom. The summed E-state index contributed by atoms with van der Waals surface area (Å²) in [7, 11) is 2.02. The number of nitrogens with zero attached hydrogens (tertiary/aromatic N) is 2. The van der Waals surface area contributed by atoms with E-state index in [1.54, 1.807) is 0 Å². The van der Waals surface area contributed by atoms with Crippen molar-refractivity contribution in [2.45, 2.75) is 20.4 Å². The standard InChI is InChI=1S/C16H19N3S/c1-11-4-6-13(7-5-11)10-19(3)15-9-14(16(17)20)8-12(2)18-15/h4-9H,10H2,1-3H3,(H2,17,20). The first-order valence-corrected chi connectivity index (χ1v) is 6.91. The van der Waals surface area contributed by atoms with Gasteiger partial charge in [0.2, 0.25) is 0 Å². The summed E-state index contributed by atoms with van der Waals surface area (Å²) in [5.74, 6) is 0.883. The summed E-state index contributed by atoms with van der Waals surface area (Å²) in [5, 5.41) is 0. The molecule has 0 unspecified atom stereocenters. The molecule has 104 valence electrons. The van der Waals surface area contributed by atoms with Crippen molar-refractivity contribution in [3.63, 3.8) is 0 Å². The number of pyridine rings is 1. The fourth-order valence-corrected chi connectivity index (χ4v) is 2.16. The van der Waals surface area contributed by atoms with Gasteiger partial charge in [0.1, 0.15) is 10.8 Å². The Bertz CT molecular complexity index is 620. The lowest BCUT2D eigenvalue weighted by Crippen LogP contribution is -2.19. The molecule has 0 atom stereocenters. The Morgan fingerprint density at radius 2 is 1.85 bits per heavy atom. The van der Waals surface area contributed by atoms with Crippen LogP contribution in [0.1, 0.15) is 22.4 Å². The van der Waals surface area contributed by atoms with E-state index in [2.05, 4.69) is 41.1 Å². The molecule has 0 aliphatic heterocycles. The lowest BCUT2D eigenvalue weighted by Gasteiger charge is -2.19. The van der Waals surface area contributed by atoms with Gasteiger partial charge in [-0.25, -0.2) is 4.98 Å². The molecule has 2 aromatic rings. The Hall–Kier alpha value is -1.94. The van der Waals surface area contributed by atoms with E-state index in [4.69, 9.17) is 18.0 Å². The second kappa shape index (κ2) is 6.01. The van der Waals surface area contributed by atoms with E-state index < -0.39 is 0 Å². The predicted octanol–water partition coefficient (Wildman–Crippen LogP) is 2.97. The average molecular weight is 285 g/mol. The molecule has 0 aliphatic carbocycles. The van der Waals surface area contributed by atoms with Gasteiger partial charge in [-0.05, 0) is 31.5 Å². The summed E-state index contributed by atoms with van der Waals surface area (Å²) in [4.78, 5) is 7.04. The van der Waals surface area contributed by atoms with Gasteiger partial charge in [0.05, 0.1) is 0 Å².